The highest BCUT2D eigenvalue weighted by molar-refractivity contribution is 6.02. The summed E-state index contributed by atoms with van der Waals surface area (Å²) in [5, 5.41) is 54.3. The van der Waals surface area contributed by atoms with Crippen LogP contribution >= 0.6 is 0 Å². The van der Waals surface area contributed by atoms with E-state index in [0.29, 0.717) is 30.8 Å². The highest BCUT2D eigenvalue weighted by Crippen LogP contribution is 2.49. The van der Waals surface area contributed by atoms with Crippen LogP contribution in [-0.4, -0.2) is 109 Å². The van der Waals surface area contributed by atoms with E-state index in [1.54, 1.807) is 56.3 Å². The maximum Gasteiger partial charge on any atom is 0.308 e. The number of rotatable bonds is 24. The van der Waals surface area contributed by atoms with E-state index in [1.807, 2.05) is 105 Å². The number of hydrogen-bond donors (Lipinski definition) is 4. The Balaban J connectivity index is 0.000000152. The Bertz CT molecular complexity index is 4450. The molecule has 4 N–H and O–H groups in total. The van der Waals surface area contributed by atoms with E-state index in [-0.39, 0.29) is 67.9 Å². The van der Waals surface area contributed by atoms with Crippen molar-refractivity contribution in [3.05, 3.63) is 215 Å². The Kier molecular flexibility index (Phi) is 23.6. The van der Waals surface area contributed by atoms with Gasteiger partial charge in [-0.05, 0) is 138 Å². The van der Waals surface area contributed by atoms with Crippen LogP contribution in [0, 0.1) is 17.5 Å². The number of esters is 2. The normalized spacial score (nSPS) is 17.9. The molecule has 4 aliphatic rings. The van der Waals surface area contributed by atoms with Gasteiger partial charge in [0.2, 0.25) is 0 Å². The lowest BCUT2D eigenvalue weighted by atomic mass is 9.92. The van der Waals surface area contributed by atoms with Crippen LogP contribution in [-0.2, 0) is 33.3 Å². The molecule has 18 heteroatoms. The topological polar surface area (TPSA) is 231 Å². The molecular weight excluding hydrogens is 1280 g/mol. The van der Waals surface area contributed by atoms with E-state index in [2.05, 4.69) is 12.1 Å². The number of ether oxygens (including phenoxy) is 4. The van der Waals surface area contributed by atoms with Crippen molar-refractivity contribution in [1.82, 2.24) is 15.0 Å². The second kappa shape index (κ2) is 32.8. The number of carboxylic acid groups (broad SMARTS) is 1. The zero-order valence-electron chi connectivity index (χ0n) is 56.4. The summed E-state index contributed by atoms with van der Waals surface area (Å²) in [6.07, 6.45) is 12.5. The third-order valence-corrected chi connectivity index (χ3v) is 17.8. The van der Waals surface area contributed by atoms with Gasteiger partial charge in [0.1, 0.15) is 17.5 Å². The molecule has 100 heavy (non-hydrogen) atoms. The molecule has 0 unspecified atom stereocenters. The van der Waals surface area contributed by atoms with Crippen molar-refractivity contribution in [2.45, 2.75) is 165 Å². The van der Waals surface area contributed by atoms with E-state index < -0.39 is 48.6 Å². The van der Waals surface area contributed by atoms with Crippen LogP contribution in [0.15, 0.2) is 164 Å². The molecule has 520 valence electrons. The SMILES string of the molecule is CCOC(=O)C[C@H](O)C[C@H](O)/C=C/c1c(C2CC2)nc2ccccc2c1-c1ccc(F)cc1.CCOC(=O)C[C@H]1C[C@@H](/C=C/c2c(C3CC3)nc3ccccc3c2-c2ccc(F)cc2)OC(C)(C)O1.O=C([O-])C[C@H](O)C[C@H](O)/C=C/c1c(C2CC2)nc2ccccc2c1-c1ccc(F)cc1. The highest BCUT2D eigenvalue weighted by Gasteiger charge is 2.37. The molecule has 6 atom stereocenters. The molecule has 1 aliphatic heterocycles. The molecule has 0 spiro atoms. The molecule has 3 saturated carbocycles. The minimum atomic E-state index is -1.36. The fourth-order valence-electron chi connectivity index (χ4n) is 12.9. The minimum absolute atomic E-state index is 0.0148. The molecule has 13 rings (SSSR count). The first kappa shape index (κ1) is 72.0. The summed E-state index contributed by atoms with van der Waals surface area (Å²) in [5.74, 6) is -2.75. The number of para-hydroxylation sites is 3. The first-order chi connectivity index (χ1) is 48.2. The molecule has 3 aliphatic carbocycles. The van der Waals surface area contributed by atoms with Gasteiger partial charge in [0, 0.05) is 98.9 Å². The molecule has 6 aromatic carbocycles. The Morgan fingerprint density at radius 3 is 1.25 bits per heavy atom. The molecule has 3 aromatic heterocycles. The van der Waals surface area contributed by atoms with E-state index in [1.165, 1.54) is 36.4 Å². The summed E-state index contributed by atoms with van der Waals surface area (Å²) >= 11 is 0. The third-order valence-electron chi connectivity index (χ3n) is 17.8. The maximum atomic E-state index is 13.8. The van der Waals surface area contributed by atoms with Gasteiger partial charge in [-0.15, -0.1) is 0 Å². The molecule has 15 nitrogen and oxygen atoms in total. The summed E-state index contributed by atoms with van der Waals surface area (Å²) < 4.78 is 63.2. The van der Waals surface area contributed by atoms with Gasteiger partial charge in [0.25, 0.3) is 0 Å². The first-order valence-corrected chi connectivity index (χ1v) is 34.4. The standard InChI is InChI=1S/C30H32FNO4.C27H28FNO4.C25H24FNO4/c1-4-34-27(33)18-23-17-22(35-30(2,3)36-23)15-16-25-28(19-11-13-21(31)14-12-19)24-7-5-6-8-26(24)32-29(25)20-9-10-20;1-2-33-25(32)16-21(31)15-20(30)13-14-23-26(17-9-11-19(28)12-10-17)22-5-3-4-6-24(22)29-27(23)18-7-8-18;26-17-9-7-15(8-10-17)24-20-3-1-2-4-22(20)27-25(16-5-6-16)21(24)12-11-18(28)13-19(29)14-23(30)31/h5-8,11-16,20,22-23H,4,9-10,17-18H2,1-3H3;3-6,9-14,18,20-21,30-31H,2,7-8,15-16H2,1H3;1-4,7-12,16,18-19,28-29H,5-6,13-14H2,(H,30,31)/p-1/b16-15+;14-13+;12-11+/t22-,23-;20-,21-;18-,19-/m111/s1. The number of fused-ring (bicyclic) bond motifs is 3. The van der Waals surface area contributed by atoms with Gasteiger partial charge in [-0.3, -0.25) is 24.5 Å². The van der Waals surface area contributed by atoms with Crippen molar-refractivity contribution in [1.29, 1.82) is 0 Å². The third kappa shape index (κ3) is 19.0. The molecule has 0 radical (unpaired) electrons. The molecule has 4 fully saturated rings. The number of carboxylic acids is 1. The van der Waals surface area contributed by atoms with Crippen molar-refractivity contribution in [2.24, 2.45) is 0 Å². The van der Waals surface area contributed by atoms with E-state index in [4.69, 9.17) is 33.9 Å². The second-order valence-electron chi connectivity index (χ2n) is 26.4. The Hall–Kier alpha value is -9.27. The molecule has 9 aromatic rings. The smallest absolute Gasteiger partial charge is 0.308 e. The van der Waals surface area contributed by atoms with Crippen LogP contribution in [0.25, 0.3) is 84.3 Å². The average molecular weight is 1360 g/mol. The van der Waals surface area contributed by atoms with Gasteiger partial charge in [0.15, 0.2) is 5.79 Å². The van der Waals surface area contributed by atoms with Gasteiger partial charge in [-0.1, -0.05) is 127 Å². The lowest BCUT2D eigenvalue weighted by molar-refractivity contribution is -0.307. The minimum Gasteiger partial charge on any atom is -0.550 e. The van der Waals surface area contributed by atoms with Crippen LogP contribution < -0.4 is 5.11 Å². The molecule has 1 saturated heterocycles. The summed E-state index contributed by atoms with van der Waals surface area (Å²) in [4.78, 5) is 49.2. The van der Waals surface area contributed by atoms with E-state index >= 15 is 0 Å². The first-order valence-electron chi connectivity index (χ1n) is 34.4. The van der Waals surface area contributed by atoms with Gasteiger partial charge < -0.3 is 49.3 Å². The van der Waals surface area contributed by atoms with Gasteiger partial charge in [-0.25, -0.2) is 13.2 Å². The lowest BCUT2D eigenvalue weighted by Crippen LogP contribution is -2.44. The monoisotopic (exact) mass is 1360 g/mol. The van der Waals surface area contributed by atoms with Crippen molar-refractivity contribution in [2.75, 3.05) is 13.2 Å². The van der Waals surface area contributed by atoms with Crippen LogP contribution in [0.4, 0.5) is 13.2 Å². The second-order valence-corrected chi connectivity index (χ2v) is 26.4. The molecule has 0 bridgehead atoms. The number of aliphatic hydroxyl groups excluding tert-OH is 4. The summed E-state index contributed by atoms with van der Waals surface area (Å²) in [6.45, 7) is 7.82. The lowest BCUT2D eigenvalue weighted by Gasteiger charge is -2.39. The van der Waals surface area contributed by atoms with Crippen LogP contribution in [0.2, 0.25) is 0 Å². The number of hydrogen-bond acceptors (Lipinski definition) is 15. The number of aliphatic carboxylic acids is 1. The van der Waals surface area contributed by atoms with Crippen LogP contribution in [0.5, 0.6) is 0 Å². The number of aromatic nitrogens is 3. The van der Waals surface area contributed by atoms with Crippen molar-refractivity contribution in [3.8, 4) is 33.4 Å². The number of carbonyl (C=O) groups is 3. The summed E-state index contributed by atoms with van der Waals surface area (Å²) in [6, 6.07) is 43.1. The number of nitrogens with zero attached hydrogens (tertiary/aromatic N) is 3. The number of aliphatic hydroxyl groups is 4. The summed E-state index contributed by atoms with van der Waals surface area (Å²) in [7, 11) is 0. The number of carbonyl (C=O) groups excluding carboxylic acids is 3. The van der Waals surface area contributed by atoms with Gasteiger partial charge >= 0.3 is 11.9 Å². The summed E-state index contributed by atoms with van der Waals surface area (Å²) in [5.41, 5.74) is 14.0. The van der Waals surface area contributed by atoms with Crippen molar-refractivity contribution < 1.29 is 72.0 Å². The average Bonchev–Trinajstić information content (AvgIpc) is 1.69. The Morgan fingerprint density at radius 2 is 0.880 bits per heavy atom. The van der Waals surface area contributed by atoms with E-state index in [0.717, 1.165) is 138 Å². The largest absolute Gasteiger partial charge is 0.550 e. The van der Waals surface area contributed by atoms with Crippen molar-refractivity contribution in [3.63, 3.8) is 0 Å². The molecular formula is C82H83F3N3O12-. The van der Waals surface area contributed by atoms with Crippen LogP contribution in [0.3, 0.4) is 0 Å². The predicted octanol–water partition coefficient (Wildman–Crippen LogP) is 15.0. The van der Waals surface area contributed by atoms with Crippen molar-refractivity contribution >= 4 is 68.8 Å². The molecule has 0 amide bonds. The number of pyridine rings is 3. The predicted molar refractivity (Wildman–Crippen MR) is 378 cm³/mol. The fraction of sp³-hybridized carbons (Fsp3) is 0.341. The number of benzene rings is 6. The Labute approximate surface area is 579 Å². The zero-order chi connectivity index (χ0) is 70.6. The fourth-order valence-corrected chi connectivity index (χ4v) is 12.9. The maximum absolute atomic E-state index is 13.8. The van der Waals surface area contributed by atoms with Gasteiger partial charge in [0.05, 0.1) is 96.3 Å². The quantitative estimate of drug-likeness (QED) is 0.0412. The van der Waals surface area contributed by atoms with Gasteiger partial charge in [-0.2, -0.15) is 0 Å². The number of halogens is 3. The zero-order valence-corrected chi connectivity index (χ0v) is 56.4. The van der Waals surface area contributed by atoms with Crippen LogP contribution in [0.1, 0.15) is 156 Å². The Morgan fingerprint density at radius 1 is 0.520 bits per heavy atom. The molecule has 4 heterocycles. The van der Waals surface area contributed by atoms with E-state index in [9.17, 15) is 53.1 Å². The highest BCUT2D eigenvalue weighted by atomic mass is 19.1.